The predicted molar refractivity (Wildman–Crippen MR) is 120 cm³/mol. The molecule has 0 saturated heterocycles. The molecule has 5 aromatic carbocycles. The monoisotopic (exact) mass is 490 g/mol. The van der Waals surface area contributed by atoms with Crippen LogP contribution in [0, 0.1) is 23.3 Å². The van der Waals surface area contributed by atoms with Gasteiger partial charge in [-0.1, -0.05) is 0 Å². The molecular formula is C26H10F4N2O4. The van der Waals surface area contributed by atoms with Crippen molar-refractivity contribution >= 4 is 66.7 Å². The van der Waals surface area contributed by atoms with E-state index >= 15 is 17.6 Å². The first-order valence-corrected chi connectivity index (χ1v) is 10.7. The van der Waals surface area contributed by atoms with Gasteiger partial charge in [0.25, 0.3) is 23.6 Å². The first kappa shape index (κ1) is 20.7. The van der Waals surface area contributed by atoms with Crippen molar-refractivity contribution in [2.75, 3.05) is 14.1 Å². The highest BCUT2D eigenvalue weighted by molar-refractivity contribution is 6.41. The van der Waals surface area contributed by atoms with E-state index < -0.39 is 68.4 Å². The average molecular weight is 490 g/mol. The summed E-state index contributed by atoms with van der Waals surface area (Å²) >= 11 is 0. The SMILES string of the molecule is CN1C(=O)c2cc(F)c3c4c(F)cc5c6c(cc(F)c(c7c(F)cc(c2c37)C1=O)c64)C(=O)N(C)C5=O. The molecule has 2 heterocycles. The van der Waals surface area contributed by atoms with Crippen LogP contribution in [-0.4, -0.2) is 47.5 Å². The van der Waals surface area contributed by atoms with Crippen molar-refractivity contribution in [1.82, 2.24) is 9.80 Å². The van der Waals surface area contributed by atoms with Crippen LogP contribution in [0.25, 0.3) is 43.1 Å². The van der Waals surface area contributed by atoms with Gasteiger partial charge in [-0.05, 0) is 24.3 Å². The number of rotatable bonds is 0. The fraction of sp³-hybridized carbons (Fsp3) is 0.0769. The summed E-state index contributed by atoms with van der Waals surface area (Å²) in [6.07, 6.45) is 0. The second-order valence-corrected chi connectivity index (χ2v) is 8.96. The molecule has 176 valence electrons. The number of fused-ring (bicyclic) bond motifs is 2. The molecule has 0 aromatic heterocycles. The summed E-state index contributed by atoms with van der Waals surface area (Å²) in [6.45, 7) is 0. The number of carbonyl (C=O) groups excluding carboxylic acids is 4. The molecule has 5 aromatic rings. The molecule has 36 heavy (non-hydrogen) atoms. The van der Waals surface area contributed by atoms with E-state index in [4.69, 9.17) is 0 Å². The smallest absolute Gasteiger partial charge is 0.261 e. The Bertz CT molecular complexity index is 1720. The fourth-order valence-electron chi connectivity index (χ4n) is 5.70. The van der Waals surface area contributed by atoms with Gasteiger partial charge in [0.15, 0.2) is 0 Å². The average Bonchev–Trinajstić information content (AvgIpc) is 2.84. The number of hydrogen-bond acceptors (Lipinski definition) is 4. The molecule has 0 saturated carbocycles. The van der Waals surface area contributed by atoms with Crippen molar-refractivity contribution in [3.63, 3.8) is 0 Å². The van der Waals surface area contributed by atoms with Gasteiger partial charge >= 0.3 is 0 Å². The molecule has 0 bridgehead atoms. The number of nitrogens with zero attached hydrogens (tertiary/aromatic N) is 2. The van der Waals surface area contributed by atoms with Gasteiger partial charge in [-0.2, -0.15) is 0 Å². The topological polar surface area (TPSA) is 74.8 Å². The summed E-state index contributed by atoms with van der Waals surface area (Å²) in [6, 6.07) is 3.31. The maximum atomic E-state index is 15.7. The molecule has 4 amide bonds. The van der Waals surface area contributed by atoms with Crippen LogP contribution >= 0.6 is 0 Å². The van der Waals surface area contributed by atoms with Crippen LogP contribution in [0.1, 0.15) is 41.4 Å². The summed E-state index contributed by atoms with van der Waals surface area (Å²) in [4.78, 5) is 52.6. The summed E-state index contributed by atoms with van der Waals surface area (Å²) in [7, 11) is 2.32. The molecule has 6 nitrogen and oxygen atoms in total. The number of imide groups is 2. The van der Waals surface area contributed by atoms with Crippen LogP contribution in [-0.2, 0) is 0 Å². The van der Waals surface area contributed by atoms with Crippen molar-refractivity contribution in [2.24, 2.45) is 0 Å². The molecule has 0 unspecified atom stereocenters. The second kappa shape index (κ2) is 6.14. The van der Waals surface area contributed by atoms with Gasteiger partial charge < -0.3 is 0 Å². The van der Waals surface area contributed by atoms with E-state index in [1.165, 1.54) is 0 Å². The third kappa shape index (κ3) is 2.06. The first-order chi connectivity index (χ1) is 17.0. The van der Waals surface area contributed by atoms with Gasteiger partial charge in [0, 0.05) is 57.2 Å². The quantitative estimate of drug-likeness (QED) is 0.136. The standard InChI is InChI=1S/C26H10F4N2O4/c1-31-23(33)7-3-11(27)17-19-13(29)5-9-16-10(26(36)32(2)25(9)35)6-14(30)20(22(16)19)18-12(28)4-8(24(31)34)15(7)21(17)18/h3-6H,1-2H3. The van der Waals surface area contributed by atoms with E-state index in [-0.39, 0.29) is 43.8 Å². The molecule has 0 aliphatic carbocycles. The van der Waals surface area contributed by atoms with Crippen molar-refractivity contribution in [3.8, 4) is 0 Å². The van der Waals surface area contributed by atoms with Gasteiger partial charge in [0.2, 0.25) is 0 Å². The Balaban J connectivity index is 1.89. The molecule has 0 radical (unpaired) electrons. The molecule has 7 rings (SSSR count). The van der Waals surface area contributed by atoms with Crippen LogP contribution in [0.2, 0.25) is 0 Å². The first-order valence-electron chi connectivity index (χ1n) is 10.7. The zero-order valence-electron chi connectivity index (χ0n) is 18.3. The Morgan fingerprint density at radius 3 is 0.861 bits per heavy atom. The molecule has 2 aliphatic heterocycles. The highest BCUT2D eigenvalue weighted by Crippen LogP contribution is 2.49. The summed E-state index contributed by atoms with van der Waals surface area (Å²) < 4.78 is 62.8. The van der Waals surface area contributed by atoms with Gasteiger partial charge in [0.05, 0.1) is 22.3 Å². The number of benzene rings is 5. The number of carbonyl (C=O) groups is 4. The highest BCUT2D eigenvalue weighted by atomic mass is 19.1. The Kier molecular flexibility index (Phi) is 3.54. The van der Waals surface area contributed by atoms with Gasteiger partial charge in [0.1, 0.15) is 23.3 Å². The lowest BCUT2D eigenvalue weighted by Crippen LogP contribution is -2.37. The maximum absolute atomic E-state index is 15.7. The van der Waals surface area contributed by atoms with Crippen LogP contribution in [0.4, 0.5) is 17.6 Å². The summed E-state index contributed by atoms with van der Waals surface area (Å²) in [5.41, 5.74) is -1.03. The highest BCUT2D eigenvalue weighted by Gasteiger charge is 2.38. The van der Waals surface area contributed by atoms with Crippen molar-refractivity contribution in [3.05, 3.63) is 69.8 Å². The molecule has 10 heteroatoms. The Morgan fingerprint density at radius 2 is 0.639 bits per heavy atom. The minimum atomic E-state index is -1.11. The number of halogens is 4. The van der Waals surface area contributed by atoms with E-state index in [0.717, 1.165) is 38.4 Å². The van der Waals surface area contributed by atoms with Crippen LogP contribution in [0.3, 0.4) is 0 Å². The Labute approximate surface area is 197 Å². The zero-order chi connectivity index (χ0) is 25.5. The minimum Gasteiger partial charge on any atom is -0.277 e. The Hall–Kier alpha value is -4.60. The van der Waals surface area contributed by atoms with E-state index in [1.54, 1.807) is 0 Å². The van der Waals surface area contributed by atoms with E-state index in [2.05, 4.69) is 0 Å². The van der Waals surface area contributed by atoms with E-state index in [0.29, 0.717) is 9.80 Å². The maximum Gasteiger partial charge on any atom is 0.261 e. The Morgan fingerprint density at radius 1 is 0.417 bits per heavy atom. The van der Waals surface area contributed by atoms with Crippen molar-refractivity contribution < 1.29 is 36.7 Å². The van der Waals surface area contributed by atoms with Gasteiger partial charge in [-0.15, -0.1) is 0 Å². The second-order valence-electron chi connectivity index (χ2n) is 8.96. The number of amides is 4. The van der Waals surface area contributed by atoms with Crippen LogP contribution in [0.15, 0.2) is 24.3 Å². The third-order valence-corrected chi connectivity index (χ3v) is 7.26. The van der Waals surface area contributed by atoms with Crippen LogP contribution in [0.5, 0.6) is 0 Å². The molecule has 0 fully saturated rings. The van der Waals surface area contributed by atoms with Crippen molar-refractivity contribution in [2.45, 2.75) is 0 Å². The van der Waals surface area contributed by atoms with Crippen molar-refractivity contribution in [1.29, 1.82) is 0 Å². The minimum absolute atomic E-state index is 0.124. The number of hydrogen-bond donors (Lipinski definition) is 0. The molecule has 2 aliphatic rings. The van der Waals surface area contributed by atoms with E-state index in [1.807, 2.05) is 0 Å². The normalized spacial score (nSPS) is 15.6. The zero-order valence-corrected chi connectivity index (χ0v) is 18.3. The summed E-state index contributed by atoms with van der Waals surface area (Å²) in [5, 5.41) is -2.84. The van der Waals surface area contributed by atoms with Gasteiger partial charge in [-0.3, -0.25) is 29.0 Å². The lowest BCUT2D eigenvalue weighted by molar-refractivity contribution is 0.0635. The molecule has 0 spiro atoms. The fourth-order valence-corrected chi connectivity index (χ4v) is 5.70. The lowest BCUT2D eigenvalue weighted by atomic mass is 9.81. The van der Waals surface area contributed by atoms with Gasteiger partial charge in [-0.25, -0.2) is 17.6 Å². The lowest BCUT2D eigenvalue weighted by Gasteiger charge is -2.28. The van der Waals surface area contributed by atoms with Crippen LogP contribution < -0.4 is 0 Å². The predicted octanol–water partition coefficient (Wildman–Crippen LogP) is 4.75. The largest absolute Gasteiger partial charge is 0.277 e. The van der Waals surface area contributed by atoms with E-state index in [9.17, 15) is 19.2 Å². The molecule has 0 N–H and O–H groups in total. The third-order valence-electron chi connectivity index (χ3n) is 7.26. The molecule has 0 atom stereocenters. The molecular weight excluding hydrogens is 480 g/mol. The summed E-state index contributed by atoms with van der Waals surface area (Å²) in [5.74, 6) is -7.85.